The summed E-state index contributed by atoms with van der Waals surface area (Å²) in [5.74, 6) is -2.21. The number of aliphatic hydroxyl groups is 1. The van der Waals surface area contributed by atoms with Gasteiger partial charge in [0.2, 0.25) is 5.95 Å². The van der Waals surface area contributed by atoms with Crippen molar-refractivity contribution in [3.05, 3.63) is 6.07 Å². The number of nitrogens with two attached hydrogens (primary N) is 1. The molecule has 18 heavy (non-hydrogen) atoms. The quantitative estimate of drug-likeness (QED) is 0.708. The van der Waals surface area contributed by atoms with Gasteiger partial charge in [-0.2, -0.15) is 9.97 Å². The van der Waals surface area contributed by atoms with E-state index in [2.05, 4.69) is 15.3 Å². The van der Waals surface area contributed by atoms with Gasteiger partial charge in [0.05, 0.1) is 12.6 Å². The SMILES string of the molecule is CNc1cc(N2C[C@H](O)CC(F)(F)C2)nc(N)n1. The van der Waals surface area contributed by atoms with Crippen molar-refractivity contribution in [2.45, 2.75) is 18.4 Å². The van der Waals surface area contributed by atoms with E-state index in [1.54, 1.807) is 7.05 Å². The first kappa shape index (κ1) is 12.7. The number of nitrogens with one attached hydrogen (secondary N) is 1. The molecule has 0 amide bonds. The summed E-state index contributed by atoms with van der Waals surface area (Å²) in [4.78, 5) is 9.11. The lowest BCUT2D eigenvalue weighted by Gasteiger charge is -2.36. The van der Waals surface area contributed by atoms with Crippen molar-refractivity contribution in [3.63, 3.8) is 0 Å². The van der Waals surface area contributed by atoms with Crippen LogP contribution in [0.4, 0.5) is 26.4 Å². The van der Waals surface area contributed by atoms with Crippen molar-refractivity contribution in [1.82, 2.24) is 9.97 Å². The average molecular weight is 259 g/mol. The highest BCUT2D eigenvalue weighted by Crippen LogP contribution is 2.30. The van der Waals surface area contributed by atoms with Crippen LogP contribution in [0.25, 0.3) is 0 Å². The molecule has 2 heterocycles. The van der Waals surface area contributed by atoms with E-state index in [-0.39, 0.29) is 18.3 Å². The van der Waals surface area contributed by atoms with E-state index in [1.807, 2.05) is 0 Å². The lowest BCUT2D eigenvalue weighted by molar-refractivity contribution is -0.0531. The predicted molar refractivity (Wildman–Crippen MR) is 63.8 cm³/mol. The van der Waals surface area contributed by atoms with Gasteiger partial charge in [0, 0.05) is 26.1 Å². The molecule has 1 atom stereocenters. The molecule has 1 saturated heterocycles. The van der Waals surface area contributed by atoms with Gasteiger partial charge in [-0.05, 0) is 0 Å². The van der Waals surface area contributed by atoms with Crippen molar-refractivity contribution in [3.8, 4) is 0 Å². The summed E-state index contributed by atoms with van der Waals surface area (Å²) in [7, 11) is 1.64. The molecule has 1 aliphatic heterocycles. The van der Waals surface area contributed by atoms with Gasteiger partial charge in [0.15, 0.2) is 0 Å². The fourth-order valence-electron chi connectivity index (χ4n) is 1.99. The molecule has 0 aromatic carbocycles. The number of rotatable bonds is 2. The smallest absolute Gasteiger partial charge is 0.267 e. The molecule has 100 valence electrons. The number of hydrogen-bond acceptors (Lipinski definition) is 6. The molecule has 1 aliphatic rings. The minimum Gasteiger partial charge on any atom is -0.391 e. The summed E-state index contributed by atoms with van der Waals surface area (Å²) in [6.45, 7) is -0.376. The first-order chi connectivity index (χ1) is 8.39. The first-order valence-corrected chi connectivity index (χ1v) is 5.53. The second-order valence-electron chi connectivity index (χ2n) is 4.31. The third-order valence-electron chi connectivity index (χ3n) is 2.70. The van der Waals surface area contributed by atoms with E-state index >= 15 is 0 Å². The number of piperidine rings is 1. The topological polar surface area (TPSA) is 87.3 Å². The summed E-state index contributed by atoms with van der Waals surface area (Å²) in [5, 5.41) is 12.2. The van der Waals surface area contributed by atoms with Crippen LogP contribution in [0.5, 0.6) is 0 Å². The van der Waals surface area contributed by atoms with Crippen LogP contribution in [0.2, 0.25) is 0 Å². The molecule has 0 aliphatic carbocycles. The highest BCUT2D eigenvalue weighted by molar-refractivity contribution is 5.52. The van der Waals surface area contributed by atoms with Gasteiger partial charge >= 0.3 is 0 Å². The fourth-order valence-corrected chi connectivity index (χ4v) is 1.99. The van der Waals surface area contributed by atoms with Crippen LogP contribution >= 0.6 is 0 Å². The first-order valence-electron chi connectivity index (χ1n) is 5.53. The number of anilines is 3. The molecule has 0 bridgehead atoms. The molecular weight excluding hydrogens is 244 g/mol. The van der Waals surface area contributed by atoms with Gasteiger partial charge in [-0.3, -0.25) is 0 Å². The molecule has 0 spiro atoms. The molecule has 6 nitrogen and oxygen atoms in total. The molecule has 0 radical (unpaired) electrons. The lowest BCUT2D eigenvalue weighted by Crippen LogP contribution is -2.49. The number of hydrogen-bond donors (Lipinski definition) is 3. The van der Waals surface area contributed by atoms with Gasteiger partial charge in [-0.25, -0.2) is 8.78 Å². The van der Waals surface area contributed by atoms with Crippen LogP contribution < -0.4 is 16.0 Å². The molecule has 1 aromatic heterocycles. The second-order valence-corrected chi connectivity index (χ2v) is 4.31. The Morgan fingerprint density at radius 3 is 2.89 bits per heavy atom. The zero-order valence-corrected chi connectivity index (χ0v) is 9.90. The van der Waals surface area contributed by atoms with Crippen LogP contribution in [-0.4, -0.2) is 47.2 Å². The minimum absolute atomic E-state index is 0.000213. The van der Waals surface area contributed by atoms with E-state index in [9.17, 15) is 13.9 Å². The molecule has 2 rings (SSSR count). The van der Waals surface area contributed by atoms with E-state index in [0.717, 1.165) is 0 Å². The Kier molecular flexibility index (Phi) is 3.20. The van der Waals surface area contributed by atoms with Crippen molar-refractivity contribution in [2.24, 2.45) is 0 Å². The van der Waals surface area contributed by atoms with E-state index in [4.69, 9.17) is 5.73 Å². The maximum absolute atomic E-state index is 13.4. The zero-order valence-electron chi connectivity index (χ0n) is 9.90. The predicted octanol–water partition coefficient (Wildman–Crippen LogP) is 0.307. The Bertz CT molecular complexity index is 442. The Morgan fingerprint density at radius 2 is 2.28 bits per heavy atom. The summed E-state index contributed by atoms with van der Waals surface area (Å²) >= 11 is 0. The monoisotopic (exact) mass is 259 g/mol. The number of alkyl halides is 2. The average Bonchev–Trinajstić information content (AvgIpc) is 2.25. The van der Waals surface area contributed by atoms with Crippen molar-refractivity contribution >= 4 is 17.6 Å². The largest absolute Gasteiger partial charge is 0.391 e. The van der Waals surface area contributed by atoms with Crippen LogP contribution in [0.15, 0.2) is 6.07 Å². The van der Waals surface area contributed by atoms with Crippen molar-refractivity contribution in [2.75, 3.05) is 36.1 Å². The number of β-amino-alcohol motifs (C(OH)–C–C–N with tert-alkyl or cyclic N) is 1. The Morgan fingerprint density at radius 1 is 1.56 bits per heavy atom. The molecule has 1 aromatic rings. The van der Waals surface area contributed by atoms with Gasteiger partial charge in [-0.15, -0.1) is 0 Å². The molecule has 8 heteroatoms. The fraction of sp³-hybridized carbons (Fsp3) is 0.600. The van der Waals surface area contributed by atoms with Gasteiger partial charge in [-0.1, -0.05) is 0 Å². The normalized spacial score (nSPS) is 22.9. The third kappa shape index (κ3) is 2.76. The Labute approximate surface area is 103 Å². The van der Waals surface area contributed by atoms with Crippen LogP contribution in [-0.2, 0) is 0 Å². The number of halogens is 2. The van der Waals surface area contributed by atoms with Crippen molar-refractivity contribution < 1.29 is 13.9 Å². The molecule has 0 unspecified atom stereocenters. The highest BCUT2D eigenvalue weighted by Gasteiger charge is 2.40. The van der Waals surface area contributed by atoms with E-state index < -0.39 is 25.0 Å². The highest BCUT2D eigenvalue weighted by atomic mass is 19.3. The zero-order chi connectivity index (χ0) is 13.3. The number of aromatic nitrogens is 2. The standard InChI is InChI=1S/C10H15F2N5O/c1-14-7-2-8(16-9(13)15-7)17-4-6(18)3-10(11,12)5-17/h2,6,18H,3-5H2,1H3,(H3,13,14,15,16)/t6-/m1/s1. The summed E-state index contributed by atoms with van der Waals surface area (Å²) in [6, 6.07) is 1.52. The minimum atomic E-state index is -2.93. The Hall–Kier alpha value is -1.70. The van der Waals surface area contributed by atoms with E-state index in [0.29, 0.717) is 5.82 Å². The molecular formula is C10H15F2N5O. The number of aliphatic hydroxyl groups excluding tert-OH is 1. The maximum atomic E-state index is 13.4. The number of nitrogens with zero attached hydrogens (tertiary/aromatic N) is 3. The Balaban J connectivity index is 2.27. The number of nitrogen functional groups attached to an aromatic ring is 1. The van der Waals surface area contributed by atoms with Crippen LogP contribution in [0.3, 0.4) is 0 Å². The van der Waals surface area contributed by atoms with Crippen LogP contribution in [0, 0.1) is 0 Å². The third-order valence-corrected chi connectivity index (χ3v) is 2.70. The second kappa shape index (κ2) is 4.52. The summed E-state index contributed by atoms with van der Waals surface area (Å²) in [5.41, 5.74) is 5.51. The van der Waals surface area contributed by atoms with Gasteiger partial charge < -0.3 is 21.1 Å². The molecule has 1 fully saturated rings. The van der Waals surface area contributed by atoms with Crippen LogP contribution in [0.1, 0.15) is 6.42 Å². The maximum Gasteiger partial charge on any atom is 0.267 e. The van der Waals surface area contributed by atoms with E-state index in [1.165, 1.54) is 11.0 Å². The summed E-state index contributed by atoms with van der Waals surface area (Å²) in [6.07, 6.45) is -1.61. The van der Waals surface area contributed by atoms with Gasteiger partial charge in [0.1, 0.15) is 11.6 Å². The lowest BCUT2D eigenvalue weighted by atomic mass is 10.0. The van der Waals surface area contributed by atoms with Crippen molar-refractivity contribution in [1.29, 1.82) is 0 Å². The molecule has 4 N–H and O–H groups in total. The summed E-state index contributed by atoms with van der Waals surface area (Å²) < 4.78 is 26.8. The van der Waals surface area contributed by atoms with Gasteiger partial charge in [0.25, 0.3) is 5.92 Å². The molecule has 0 saturated carbocycles.